The Morgan fingerprint density at radius 1 is 1.06 bits per heavy atom. The number of benzene rings is 2. The molecule has 2 amide bonds. The minimum atomic E-state index is -0.914. The van der Waals surface area contributed by atoms with Crippen LogP contribution < -0.4 is 11.1 Å². The highest BCUT2D eigenvalue weighted by Crippen LogP contribution is 2.19. The molecule has 3 N–H and O–H groups in total. The van der Waals surface area contributed by atoms with Gasteiger partial charge in [0.05, 0.1) is 17.6 Å². The zero-order valence-corrected chi connectivity index (χ0v) is 21.2. The number of carbonyl (C=O) groups excluding carboxylic acids is 2. The summed E-state index contributed by atoms with van der Waals surface area (Å²) in [4.78, 5) is 29.4. The number of para-hydroxylation sites is 1. The van der Waals surface area contributed by atoms with Crippen molar-refractivity contribution in [3.8, 4) is 5.69 Å². The van der Waals surface area contributed by atoms with E-state index in [1.165, 1.54) is 0 Å². The molecule has 0 saturated carbocycles. The third-order valence-electron chi connectivity index (χ3n) is 6.47. The molecule has 1 atom stereocenters. The van der Waals surface area contributed by atoms with E-state index in [2.05, 4.69) is 32.5 Å². The molecule has 0 bridgehead atoms. The van der Waals surface area contributed by atoms with E-state index >= 15 is 0 Å². The van der Waals surface area contributed by atoms with E-state index in [1.54, 1.807) is 28.9 Å². The van der Waals surface area contributed by atoms with Crippen molar-refractivity contribution >= 4 is 23.4 Å². The predicted octanol–water partition coefficient (Wildman–Crippen LogP) is 1.99. The molecule has 1 aromatic heterocycles. The molecular formula is C26H32ClN7O2. The van der Waals surface area contributed by atoms with E-state index in [1.807, 2.05) is 30.5 Å². The average molecular weight is 510 g/mol. The van der Waals surface area contributed by atoms with Crippen molar-refractivity contribution in [2.24, 2.45) is 5.73 Å². The van der Waals surface area contributed by atoms with Crippen LogP contribution in [0.5, 0.6) is 0 Å². The normalized spacial score (nSPS) is 15.5. The fraction of sp³-hybridized carbons (Fsp3) is 0.385. The van der Waals surface area contributed by atoms with Gasteiger partial charge in [0.25, 0.3) is 0 Å². The van der Waals surface area contributed by atoms with Crippen LogP contribution >= 0.6 is 11.6 Å². The smallest absolute Gasteiger partial charge is 0.244 e. The molecule has 10 heteroatoms. The SMILES string of the molecule is CN1CCN(CCc2cn(-c3ccccc3CCC(=O)NC(C(N)=O)c3ccc(Cl)cc3)nn2)CC1. The zero-order chi connectivity index (χ0) is 25.5. The predicted molar refractivity (Wildman–Crippen MR) is 139 cm³/mol. The minimum Gasteiger partial charge on any atom is -0.368 e. The number of halogens is 1. The van der Waals surface area contributed by atoms with Crippen LogP contribution in [0.2, 0.25) is 5.02 Å². The van der Waals surface area contributed by atoms with Crippen molar-refractivity contribution in [1.82, 2.24) is 30.1 Å². The first-order valence-electron chi connectivity index (χ1n) is 12.1. The molecule has 1 fully saturated rings. The standard InChI is InChI=1S/C26H32ClN7O2/c1-32-14-16-33(17-15-32)13-12-22-18-34(31-30-22)23-5-3-2-4-19(23)8-11-24(35)29-25(26(28)36)20-6-9-21(27)10-7-20/h2-7,9-10,18,25H,8,11-17H2,1H3,(H2,28,36)(H,29,35). The Morgan fingerprint density at radius 3 is 2.50 bits per heavy atom. The monoisotopic (exact) mass is 509 g/mol. The lowest BCUT2D eigenvalue weighted by atomic mass is 10.0. The first kappa shape index (κ1) is 25.8. The number of likely N-dealkylation sites (N-methyl/N-ethyl adjacent to an activating group) is 1. The van der Waals surface area contributed by atoms with E-state index < -0.39 is 11.9 Å². The molecule has 0 spiro atoms. The Kier molecular flexibility index (Phi) is 8.69. The topological polar surface area (TPSA) is 109 Å². The lowest BCUT2D eigenvalue weighted by Crippen LogP contribution is -2.45. The first-order valence-corrected chi connectivity index (χ1v) is 12.5. The molecule has 1 aliphatic rings. The van der Waals surface area contributed by atoms with Gasteiger partial charge in [-0.05, 0) is 42.8 Å². The van der Waals surface area contributed by atoms with Crippen LogP contribution in [0.25, 0.3) is 5.69 Å². The van der Waals surface area contributed by atoms with E-state index in [0.717, 1.165) is 56.1 Å². The molecule has 4 rings (SSSR count). The van der Waals surface area contributed by atoms with Crippen LogP contribution in [0.15, 0.2) is 54.7 Å². The Hall–Kier alpha value is -3.27. The van der Waals surface area contributed by atoms with Crippen molar-refractivity contribution in [2.75, 3.05) is 39.8 Å². The summed E-state index contributed by atoms with van der Waals surface area (Å²) >= 11 is 5.93. The maximum absolute atomic E-state index is 12.7. The number of amides is 2. The van der Waals surface area contributed by atoms with Gasteiger partial charge in [0.1, 0.15) is 6.04 Å². The summed E-state index contributed by atoms with van der Waals surface area (Å²) in [6, 6.07) is 13.6. The van der Waals surface area contributed by atoms with E-state index in [-0.39, 0.29) is 12.3 Å². The van der Waals surface area contributed by atoms with Gasteiger partial charge in [0, 0.05) is 50.6 Å². The number of hydrogen-bond acceptors (Lipinski definition) is 6. The Morgan fingerprint density at radius 2 is 1.78 bits per heavy atom. The third-order valence-corrected chi connectivity index (χ3v) is 6.73. The van der Waals surface area contributed by atoms with Crippen molar-refractivity contribution < 1.29 is 9.59 Å². The van der Waals surface area contributed by atoms with Gasteiger partial charge in [0.2, 0.25) is 11.8 Å². The minimum absolute atomic E-state index is 0.194. The maximum Gasteiger partial charge on any atom is 0.244 e. The number of nitrogens with zero attached hydrogens (tertiary/aromatic N) is 5. The van der Waals surface area contributed by atoms with Gasteiger partial charge in [-0.15, -0.1) is 5.10 Å². The molecule has 0 aliphatic carbocycles. The molecule has 2 heterocycles. The van der Waals surface area contributed by atoms with Gasteiger partial charge >= 0.3 is 0 Å². The fourth-order valence-corrected chi connectivity index (χ4v) is 4.40. The lowest BCUT2D eigenvalue weighted by molar-refractivity contribution is -0.127. The van der Waals surface area contributed by atoms with Crippen molar-refractivity contribution in [1.29, 1.82) is 0 Å². The van der Waals surface area contributed by atoms with Gasteiger partial charge < -0.3 is 20.9 Å². The van der Waals surface area contributed by atoms with E-state index in [0.29, 0.717) is 17.0 Å². The number of carbonyl (C=O) groups is 2. The zero-order valence-electron chi connectivity index (χ0n) is 20.4. The summed E-state index contributed by atoms with van der Waals surface area (Å²) in [5.74, 6) is -0.896. The Labute approximate surface area is 216 Å². The summed E-state index contributed by atoms with van der Waals surface area (Å²) in [6.07, 6.45) is 3.47. The molecule has 1 aliphatic heterocycles. The molecule has 1 unspecified atom stereocenters. The van der Waals surface area contributed by atoms with Crippen molar-refractivity contribution in [3.05, 3.63) is 76.6 Å². The van der Waals surface area contributed by atoms with E-state index in [9.17, 15) is 9.59 Å². The van der Waals surface area contributed by atoms with E-state index in [4.69, 9.17) is 17.3 Å². The van der Waals surface area contributed by atoms with Crippen molar-refractivity contribution in [2.45, 2.75) is 25.3 Å². The molecule has 9 nitrogen and oxygen atoms in total. The van der Waals surface area contributed by atoms with Crippen LogP contribution in [0, 0.1) is 0 Å². The summed E-state index contributed by atoms with van der Waals surface area (Å²) < 4.78 is 1.77. The van der Waals surface area contributed by atoms with Crippen LogP contribution in [-0.4, -0.2) is 76.4 Å². The summed E-state index contributed by atoms with van der Waals surface area (Å²) in [7, 11) is 2.15. The number of piperazine rings is 1. The van der Waals surface area contributed by atoms with Crippen LogP contribution in [0.4, 0.5) is 0 Å². The van der Waals surface area contributed by atoms with Gasteiger partial charge in [-0.3, -0.25) is 9.59 Å². The highest BCUT2D eigenvalue weighted by atomic mass is 35.5. The second kappa shape index (κ2) is 12.1. The number of hydrogen-bond donors (Lipinski definition) is 2. The fourth-order valence-electron chi connectivity index (χ4n) is 4.28. The maximum atomic E-state index is 12.7. The first-order chi connectivity index (χ1) is 17.4. The Balaban J connectivity index is 1.35. The molecular weight excluding hydrogens is 478 g/mol. The van der Waals surface area contributed by atoms with Gasteiger partial charge in [-0.2, -0.15) is 0 Å². The average Bonchev–Trinajstić information content (AvgIpc) is 3.35. The number of rotatable bonds is 10. The third kappa shape index (κ3) is 6.90. The second-order valence-electron chi connectivity index (χ2n) is 9.13. The molecule has 2 aromatic carbocycles. The van der Waals surface area contributed by atoms with Crippen molar-refractivity contribution in [3.63, 3.8) is 0 Å². The quantitative estimate of drug-likeness (QED) is 0.432. The summed E-state index contributed by atoms with van der Waals surface area (Å²) in [5, 5.41) is 12.0. The molecule has 1 saturated heterocycles. The summed E-state index contributed by atoms with van der Waals surface area (Å²) in [5.41, 5.74) is 8.91. The Bertz CT molecular complexity index is 1170. The number of aryl methyl sites for hydroxylation is 1. The number of primary amides is 1. The molecule has 36 heavy (non-hydrogen) atoms. The molecule has 190 valence electrons. The number of nitrogens with two attached hydrogens (primary N) is 1. The number of aromatic nitrogens is 3. The highest BCUT2D eigenvalue weighted by molar-refractivity contribution is 6.30. The largest absolute Gasteiger partial charge is 0.368 e. The number of nitrogens with one attached hydrogen (secondary N) is 1. The van der Waals surface area contributed by atoms with Crippen LogP contribution in [0.3, 0.4) is 0 Å². The van der Waals surface area contributed by atoms with Crippen LogP contribution in [0.1, 0.15) is 29.3 Å². The molecule has 0 radical (unpaired) electrons. The highest BCUT2D eigenvalue weighted by Gasteiger charge is 2.20. The lowest BCUT2D eigenvalue weighted by Gasteiger charge is -2.32. The van der Waals surface area contributed by atoms with Gasteiger partial charge in [0.15, 0.2) is 0 Å². The second-order valence-corrected chi connectivity index (χ2v) is 9.57. The summed E-state index contributed by atoms with van der Waals surface area (Å²) in [6.45, 7) is 5.29. The molecule has 3 aromatic rings. The van der Waals surface area contributed by atoms with Gasteiger partial charge in [-0.1, -0.05) is 47.1 Å². The van der Waals surface area contributed by atoms with Gasteiger partial charge in [-0.25, -0.2) is 4.68 Å². The van der Waals surface area contributed by atoms with Crippen LogP contribution in [-0.2, 0) is 22.4 Å².